The zero-order valence-corrected chi connectivity index (χ0v) is 13.3. The molecular weight excluding hydrogens is 272 g/mol. The van der Waals surface area contributed by atoms with E-state index in [-0.39, 0.29) is 0 Å². The highest BCUT2D eigenvalue weighted by molar-refractivity contribution is 6.31. The van der Waals surface area contributed by atoms with Crippen molar-refractivity contribution in [2.45, 2.75) is 46.1 Å². The maximum atomic E-state index is 6.18. The number of hydrogen-bond donors (Lipinski definition) is 0. The minimum Gasteiger partial charge on any atom is -0.489 e. The largest absolute Gasteiger partial charge is 0.489 e. The Hall–Kier alpha value is -0.960. The number of hydrogen-bond acceptors (Lipinski definition) is 3. The van der Waals surface area contributed by atoms with Crippen molar-refractivity contribution in [2.75, 3.05) is 18.1 Å². The van der Waals surface area contributed by atoms with Gasteiger partial charge in [-0.05, 0) is 31.6 Å². The molecule has 2 aliphatic heterocycles. The van der Waals surface area contributed by atoms with Crippen molar-refractivity contribution < 1.29 is 4.74 Å². The quantitative estimate of drug-likeness (QED) is 0.781. The number of fused-ring (bicyclic) bond motifs is 3. The predicted octanol–water partition coefficient (Wildman–Crippen LogP) is 4.07. The molecule has 0 aromatic carbocycles. The third-order valence-corrected chi connectivity index (χ3v) is 5.25. The molecule has 3 heterocycles. The fourth-order valence-corrected chi connectivity index (χ4v) is 3.60. The van der Waals surface area contributed by atoms with Gasteiger partial charge in [0.15, 0.2) is 11.6 Å². The van der Waals surface area contributed by atoms with Crippen molar-refractivity contribution in [3.63, 3.8) is 0 Å². The molecule has 2 atom stereocenters. The second-order valence-corrected chi connectivity index (χ2v) is 6.80. The van der Waals surface area contributed by atoms with Crippen LogP contribution < -0.4 is 9.64 Å². The fraction of sp³-hybridized carbons (Fsp3) is 0.688. The first kappa shape index (κ1) is 14.0. The molecule has 0 aliphatic carbocycles. The van der Waals surface area contributed by atoms with E-state index in [1.807, 2.05) is 6.92 Å². The lowest BCUT2D eigenvalue weighted by Crippen LogP contribution is -2.44. The Morgan fingerprint density at radius 1 is 1.40 bits per heavy atom. The summed E-state index contributed by atoms with van der Waals surface area (Å²) in [6.45, 7) is 8.54. The first-order valence-corrected chi connectivity index (χ1v) is 8.00. The zero-order valence-electron chi connectivity index (χ0n) is 12.5. The van der Waals surface area contributed by atoms with Crippen LogP contribution in [0.3, 0.4) is 0 Å². The van der Waals surface area contributed by atoms with Gasteiger partial charge in [-0.1, -0.05) is 25.4 Å². The van der Waals surface area contributed by atoms with Crippen LogP contribution in [0, 0.1) is 18.8 Å². The van der Waals surface area contributed by atoms with E-state index < -0.39 is 0 Å². The minimum absolute atomic E-state index is 0.561. The summed E-state index contributed by atoms with van der Waals surface area (Å²) in [5, 5.41) is 0.694. The lowest BCUT2D eigenvalue weighted by Gasteiger charge is -2.40. The van der Waals surface area contributed by atoms with E-state index in [0.29, 0.717) is 11.1 Å². The van der Waals surface area contributed by atoms with Gasteiger partial charge in [0, 0.05) is 30.8 Å². The summed E-state index contributed by atoms with van der Waals surface area (Å²) < 4.78 is 5.96. The van der Waals surface area contributed by atoms with Gasteiger partial charge >= 0.3 is 0 Å². The van der Waals surface area contributed by atoms with E-state index in [2.05, 4.69) is 23.7 Å². The maximum Gasteiger partial charge on any atom is 0.172 e. The van der Waals surface area contributed by atoms with Gasteiger partial charge in [0.05, 0.1) is 11.6 Å². The van der Waals surface area contributed by atoms with Crippen LogP contribution >= 0.6 is 11.6 Å². The van der Waals surface area contributed by atoms with Crippen LogP contribution in [0.15, 0.2) is 6.20 Å². The fourth-order valence-electron chi connectivity index (χ4n) is 3.46. The summed E-state index contributed by atoms with van der Waals surface area (Å²) in [6, 6.07) is 0.561. The Bertz CT molecular complexity index is 503. The minimum atomic E-state index is 0.561. The second kappa shape index (κ2) is 5.44. The van der Waals surface area contributed by atoms with E-state index in [1.165, 1.54) is 12.8 Å². The molecule has 110 valence electrons. The number of aromatic nitrogens is 1. The molecule has 1 fully saturated rings. The Balaban J connectivity index is 1.93. The van der Waals surface area contributed by atoms with Gasteiger partial charge < -0.3 is 9.64 Å². The van der Waals surface area contributed by atoms with E-state index in [4.69, 9.17) is 16.3 Å². The second-order valence-electron chi connectivity index (χ2n) is 6.40. The van der Waals surface area contributed by atoms with Crippen molar-refractivity contribution in [2.24, 2.45) is 11.8 Å². The molecule has 1 aromatic heterocycles. The lowest BCUT2D eigenvalue weighted by atomic mass is 9.82. The van der Waals surface area contributed by atoms with E-state index >= 15 is 0 Å². The van der Waals surface area contributed by atoms with Gasteiger partial charge in [0.25, 0.3) is 0 Å². The lowest BCUT2D eigenvalue weighted by molar-refractivity contribution is 0.245. The molecule has 3 nitrogen and oxygen atoms in total. The molecule has 0 radical (unpaired) electrons. The highest BCUT2D eigenvalue weighted by Crippen LogP contribution is 2.41. The first-order valence-electron chi connectivity index (χ1n) is 7.62. The van der Waals surface area contributed by atoms with Gasteiger partial charge in [-0.15, -0.1) is 0 Å². The van der Waals surface area contributed by atoms with Crippen molar-refractivity contribution in [1.29, 1.82) is 0 Å². The van der Waals surface area contributed by atoms with Crippen molar-refractivity contribution in [1.82, 2.24) is 4.98 Å². The summed E-state index contributed by atoms with van der Waals surface area (Å²) in [5.74, 6) is 3.48. The molecule has 0 spiro atoms. The van der Waals surface area contributed by atoms with Gasteiger partial charge in [0.2, 0.25) is 0 Å². The number of nitrogens with zero attached hydrogens (tertiary/aromatic N) is 2. The Labute approximate surface area is 126 Å². The highest BCUT2D eigenvalue weighted by atomic mass is 35.5. The van der Waals surface area contributed by atoms with Gasteiger partial charge in [-0.25, -0.2) is 4.98 Å². The summed E-state index contributed by atoms with van der Waals surface area (Å²) in [6.07, 6.45) is 5.34. The molecule has 0 bridgehead atoms. The van der Waals surface area contributed by atoms with Gasteiger partial charge in [-0.2, -0.15) is 0 Å². The summed E-state index contributed by atoms with van der Waals surface area (Å²) in [7, 11) is 0. The van der Waals surface area contributed by atoms with Crippen LogP contribution in [-0.4, -0.2) is 24.2 Å². The van der Waals surface area contributed by atoms with Crippen LogP contribution in [0.4, 0.5) is 5.82 Å². The predicted molar refractivity (Wildman–Crippen MR) is 82.8 cm³/mol. The van der Waals surface area contributed by atoms with Crippen molar-refractivity contribution in [3.8, 4) is 5.75 Å². The highest BCUT2D eigenvalue weighted by Gasteiger charge is 2.34. The normalized spacial score (nSPS) is 25.8. The smallest absolute Gasteiger partial charge is 0.172 e. The van der Waals surface area contributed by atoms with Crippen LogP contribution in [0.1, 0.15) is 38.7 Å². The van der Waals surface area contributed by atoms with Crippen LogP contribution in [0.5, 0.6) is 5.75 Å². The number of rotatable bonds is 1. The monoisotopic (exact) mass is 294 g/mol. The molecule has 1 saturated heterocycles. The third-order valence-electron chi connectivity index (χ3n) is 4.87. The van der Waals surface area contributed by atoms with Crippen molar-refractivity contribution >= 4 is 17.4 Å². The average molecular weight is 295 g/mol. The van der Waals surface area contributed by atoms with Crippen LogP contribution in [0.25, 0.3) is 0 Å². The maximum absolute atomic E-state index is 6.18. The number of piperidine rings is 1. The molecule has 0 amide bonds. The molecule has 4 heteroatoms. The molecule has 1 aromatic rings. The van der Waals surface area contributed by atoms with E-state index in [9.17, 15) is 0 Å². The van der Waals surface area contributed by atoms with Crippen LogP contribution in [-0.2, 0) is 0 Å². The third kappa shape index (κ3) is 2.37. The Kier molecular flexibility index (Phi) is 3.80. The topological polar surface area (TPSA) is 25.4 Å². The molecular formula is C16H23ClN2O. The molecule has 3 rings (SSSR count). The SMILES string of the molecule is Cc1c(Cl)cnc2c1OCCC1CC(C(C)C)CCN21. The Morgan fingerprint density at radius 2 is 2.20 bits per heavy atom. The van der Waals surface area contributed by atoms with E-state index in [0.717, 1.165) is 48.5 Å². The van der Waals surface area contributed by atoms with Gasteiger partial charge in [-0.3, -0.25) is 0 Å². The average Bonchev–Trinajstić information content (AvgIpc) is 2.61. The number of halogens is 1. The molecule has 20 heavy (non-hydrogen) atoms. The first-order chi connectivity index (χ1) is 9.58. The summed E-state index contributed by atoms with van der Waals surface area (Å²) in [5.41, 5.74) is 1.02. The molecule has 2 unspecified atom stereocenters. The number of pyridine rings is 1. The number of ether oxygens (including phenoxy) is 1. The number of anilines is 1. The zero-order chi connectivity index (χ0) is 14.3. The van der Waals surface area contributed by atoms with E-state index in [1.54, 1.807) is 6.20 Å². The van der Waals surface area contributed by atoms with Crippen LogP contribution in [0.2, 0.25) is 5.02 Å². The summed E-state index contributed by atoms with van der Waals surface area (Å²) in [4.78, 5) is 7.01. The molecule has 0 saturated carbocycles. The van der Waals surface area contributed by atoms with Gasteiger partial charge in [0.1, 0.15) is 0 Å². The Morgan fingerprint density at radius 3 is 2.95 bits per heavy atom. The molecule has 0 N–H and O–H groups in total. The van der Waals surface area contributed by atoms with Crippen molar-refractivity contribution in [3.05, 3.63) is 16.8 Å². The molecule has 2 aliphatic rings. The summed E-state index contributed by atoms with van der Waals surface area (Å²) >= 11 is 6.18. The standard InChI is InChI=1S/C16H23ClN2O/c1-10(2)12-4-6-19-13(8-12)5-7-20-15-11(3)14(17)9-18-16(15)19/h9-10,12-13H,4-8H2,1-3H3.